The number of likely N-dealkylation sites (tertiary alicyclic amines) is 1. The average Bonchev–Trinajstić information content (AvgIpc) is 3.52. The first kappa shape index (κ1) is 22.1. The summed E-state index contributed by atoms with van der Waals surface area (Å²) in [5, 5.41) is 10.7. The van der Waals surface area contributed by atoms with Crippen molar-refractivity contribution in [2.45, 2.75) is 39.2 Å². The fourth-order valence-corrected chi connectivity index (χ4v) is 4.37. The molecular weight excluding hydrogens is 408 g/mol. The summed E-state index contributed by atoms with van der Waals surface area (Å²) in [5.74, 6) is -0.0482. The molecule has 1 fully saturated rings. The van der Waals surface area contributed by atoms with Crippen LogP contribution in [0.15, 0.2) is 52.1 Å². The molecule has 1 N–H and O–H groups in total. The van der Waals surface area contributed by atoms with E-state index < -0.39 is 23.5 Å². The van der Waals surface area contributed by atoms with Crippen LogP contribution in [0, 0.1) is 6.92 Å². The van der Waals surface area contributed by atoms with Gasteiger partial charge in [0.25, 0.3) is 5.91 Å². The van der Waals surface area contributed by atoms with Gasteiger partial charge in [-0.05, 0) is 69.1 Å². The van der Waals surface area contributed by atoms with Crippen molar-refractivity contribution in [3.8, 4) is 5.75 Å². The lowest BCUT2D eigenvalue weighted by Gasteiger charge is -2.28. The van der Waals surface area contributed by atoms with E-state index in [1.807, 2.05) is 31.2 Å². The van der Waals surface area contributed by atoms with Gasteiger partial charge in [0.2, 0.25) is 5.78 Å². The zero-order chi connectivity index (χ0) is 22.7. The Morgan fingerprint density at radius 1 is 1.12 bits per heavy atom. The Morgan fingerprint density at radius 3 is 2.47 bits per heavy atom. The molecule has 4 rings (SSSR count). The minimum atomic E-state index is -0.678. The number of hydrogen-bond donors (Lipinski definition) is 1. The number of aliphatic hydroxyl groups is 1. The molecule has 2 aliphatic heterocycles. The van der Waals surface area contributed by atoms with E-state index in [4.69, 9.17) is 9.15 Å². The van der Waals surface area contributed by atoms with E-state index in [1.165, 1.54) is 0 Å². The Kier molecular flexibility index (Phi) is 6.65. The molecule has 1 unspecified atom stereocenters. The Labute approximate surface area is 188 Å². The zero-order valence-corrected chi connectivity index (χ0v) is 18.7. The standard InChI is InChI=1S/C25H30N2O5/c1-3-16-31-19-9-7-18(8-10-19)22-21(23(28)20-11-6-17(2)32-20)24(29)25(30)27(22)15-14-26-12-4-5-13-26/h6-11,22,29H,3-5,12-16H2,1-2H3. The fourth-order valence-electron chi connectivity index (χ4n) is 4.37. The molecule has 1 amide bonds. The van der Waals surface area contributed by atoms with Crippen molar-refractivity contribution in [3.05, 3.63) is 64.8 Å². The van der Waals surface area contributed by atoms with Crippen LogP contribution in [0.5, 0.6) is 5.75 Å². The highest BCUT2D eigenvalue weighted by Gasteiger charge is 2.44. The van der Waals surface area contributed by atoms with Crippen molar-refractivity contribution in [2.24, 2.45) is 0 Å². The van der Waals surface area contributed by atoms with Crippen molar-refractivity contribution in [1.82, 2.24) is 9.80 Å². The average molecular weight is 439 g/mol. The Morgan fingerprint density at radius 2 is 1.84 bits per heavy atom. The first-order valence-corrected chi connectivity index (χ1v) is 11.3. The van der Waals surface area contributed by atoms with Crippen LogP contribution in [-0.2, 0) is 4.79 Å². The molecule has 7 nitrogen and oxygen atoms in total. The van der Waals surface area contributed by atoms with Crippen LogP contribution in [0.2, 0.25) is 0 Å². The minimum absolute atomic E-state index is 0.0630. The number of Topliss-reactive ketones (excluding diaryl/α,β-unsaturated/α-hetero) is 1. The molecule has 2 aromatic rings. The molecule has 1 saturated heterocycles. The second-order valence-corrected chi connectivity index (χ2v) is 8.37. The van der Waals surface area contributed by atoms with Crippen LogP contribution in [-0.4, -0.2) is 59.4 Å². The highest BCUT2D eigenvalue weighted by atomic mass is 16.5. The molecule has 0 radical (unpaired) electrons. The summed E-state index contributed by atoms with van der Waals surface area (Å²) in [6, 6.07) is 9.97. The number of amides is 1. The summed E-state index contributed by atoms with van der Waals surface area (Å²) in [6.45, 7) is 7.55. The third kappa shape index (κ3) is 4.43. The van der Waals surface area contributed by atoms with Gasteiger partial charge in [-0.2, -0.15) is 0 Å². The van der Waals surface area contributed by atoms with Gasteiger partial charge in [0.05, 0.1) is 18.2 Å². The Bertz CT molecular complexity index is 1000. The smallest absolute Gasteiger partial charge is 0.290 e. The van der Waals surface area contributed by atoms with Gasteiger partial charge in [-0.3, -0.25) is 9.59 Å². The topological polar surface area (TPSA) is 83.2 Å². The SMILES string of the molecule is CCCOc1ccc(C2C(C(=O)c3ccc(C)o3)=C(O)C(=O)N2CCN2CCCC2)cc1. The van der Waals surface area contributed by atoms with E-state index in [9.17, 15) is 14.7 Å². The number of ketones is 1. The lowest BCUT2D eigenvalue weighted by molar-refractivity contribution is -0.129. The second kappa shape index (κ2) is 9.61. The molecule has 0 bridgehead atoms. The second-order valence-electron chi connectivity index (χ2n) is 8.37. The molecule has 3 heterocycles. The summed E-state index contributed by atoms with van der Waals surface area (Å²) in [7, 11) is 0. The molecule has 32 heavy (non-hydrogen) atoms. The van der Waals surface area contributed by atoms with Crippen LogP contribution in [0.4, 0.5) is 0 Å². The van der Waals surface area contributed by atoms with Gasteiger partial charge < -0.3 is 24.1 Å². The molecule has 7 heteroatoms. The van der Waals surface area contributed by atoms with Crippen LogP contribution >= 0.6 is 0 Å². The van der Waals surface area contributed by atoms with Gasteiger partial charge in [0, 0.05) is 13.1 Å². The Balaban J connectivity index is 1.65. The largest absolute Gasteiger partial charge is 0.503 e. The maximum atomic E-state index is 13.3. The first-order valence-electron chi connectivity index (χ1n) is 11.3. The van der Waals surface area contributed by atoms with Crippen molar-refractivity contribution < 1.29 is 23.8 Å². The predicted octanol–water partition coefficient (Wildman–Crippen LogP) is 4.05. The van der Waals surface area contributed by atoms with Gasteiger partial charge in [-0.25, -0.2) is 0 Å². The van der Waals surface area contributed by atoms with Gasteiger partial charge in [-0.1, -0.05) is 19.1 Å². The lowest BCUT2D eigenvalue weighted by atomic mass is 9.95. The molecular formula is C25H30N2O5. The molecule has 0 aliphatic carbocycles. The lowest BCUT2D eigenvalue weighted by Crippen LogP contribution is -2.37. The zero-order valence-electron chi connectivity index (χ0n) is 18.7. The number of rotatable bonds is 9. The molecule has 1 aromatic heterocycles. The summed E-state index contributed by atoms with van der Waals surface area (Å²) in [6.07, 6.45) is 3.21. The summed E-state index contributed by atoms with van der Waals surface area (Å²) in [4.78, 5) is 30.2. The van der Waals surface area contributed by atoms with E-state index in [-0.39, 0.29) is 11.3 Å². The third-order valence-corrected chi connectivity index (χ3v) is 6.04. The number of carbonyl (C=O) groups excluding carboxylic acids is 2. The summed E-state index contributed by atoms with van der Waals surface area (Å²) < 4.78 is 11.2. The summed E-state index contributed by atoms with van der Waals surface area (Å²) >= 11 is 0. The number of furan rings is 1. The Hall–Kier alpha value is -3.06. The van der Waals surface area contributed by atoms with Crippen molar-refractivity contribution in [2.75, 3.05) is 32.8 Å². The normalized spacial score (nSPS) is 19.2. The monoisotopic (exact) mass is 438 g/mol. The van der Waals surface area contributed by atoms with E-state index in [2.05, 4.69) is 4.90 Å². The van der Waals surface area contributed by atoms with Crippen LogP contribution in [0.25, 0.3) is 0 Å². The number of nitrogens with zero attached hydrogens (tertiary/aromatic N) is 2. The summed E-state index contributed by atoms with van der Waals surface area (Å²) in [5.41, 5.74) is 0.812. The number of hydrogen-bond acceptors (Lipinski definition) is 6. The van der Waals surface area contributed by atoms with E-state index in [1.54, 1.807) is 24.0 Å². The fraction of sp³-hybridized carbons (Fsp3) is 0.440. The number of aliphatic hydroxyl groups excluding tert-OH is 1. The van der Waals surface area contributed by atoms with E-state index >= 15 is 0 Å². The number of aryl methyl sites for hydroxylation is 1. The number of ether oxygens (including phenoxy) is 1. The van der Waals surface area contributed by atoms with Crippen molar-refractivity contribution in [1.29, 1.82) is 0 Å². The van der Waals surface area contributed by atoms with Crippen molar-refractivity contribution >= 4 is 11.7 Å². The minimum Gasteiger partial charge on any atom is -0.503 e. The number of benzene rings is 1. The van der Waals surface area contributed by atoms with Gasteiger partial charge in [0.1, 0.15) is 11.5 Å². The maximum absolute atomic E-state index is 13.3. The third-order valence-electron chi connectivity index (χ3n) is 6.04. The van der Waals surface area contributed by atoms with Gasteiger partial charge in [0.15, 0.2) is 11.5 Å². The van der Waals surface area contributed by atoms with Gasteiger partial charge in [-0.15, -0.1) is 0 Å². The first-order chi connectivity index (χ1) is 15.5. The molecule has 1 aromatic carbocycles. The van der Waals surface area contributed by atoms with Crippen LogP contribution < -0.4 is 4.74 Å². The highest BCUT2D eigenvalue weighted by Crippen LogP contribution is 2.39. The highest BCUT2D eigenvalue weighted by molar-refractivity contribution is 6.15. The molecule has 0 spiro atoms. The predicted molar refractivity (Wildman–Crippen MR) is 120 cm³/mol. The molecule has 0 saturated carbocycles. The number of carbonyl (C=O) groups is 2. The van der Waals surface area contributed by atoms with E-state index in [0.717, 1.165) is 43.7 Å². The molecule has 1 atom stereocenters. The van der Waals surface area contributed by atoms with Crippen molar-refractivity contribution in [3.63, 3.8) is 0 Å². The quantitative estimate of drug-likeness (QED) is 0.595. The maximum Gasteiger partial charge on any atom is 0.290 e. The molecule has 2 aliphatic rings. The molecule has 170 valence electrons. The van der Waals surface area contributed by atoms with Crippen LogP contribution in [0.1, 0.15) is 54.1 Å². The van der Waals surface area contributed by atoms with Crippen LogP contribution in [0.3, 0.4) is 0 Å². The van der Waals surface area contributed by atoms with Gasteiger partial charge >= 0.3 is 0 Å². The van der Waals surface area contributed by atoms with E-state index in [0.29, 0.717) is 25.5 Å².